The number of carbonyl (C=O) groups is 1. The molecule has 0 atom stereocenters. The number of rotatable bonds is 6. The highest BCUT2D eigenvalue weighted by molar-refractivity contribution is 5.94. The molecule has 0 saturated heterocycles. The first-order valence-electron chi connectivity index (χ1n) is 9.57. The van der Waals surface area contributed by atoms with Crippen LogP contribution in [0.1, 0.15) is 24.1 Å². The van der Waals surface area contributed by atoms with Gasteiger partial charge in [-0.2, -0.15) is 0 Å². The Morgan fingerprint density at radius 1 is 1.00 bits per heavy atom. The molecular weight excluding hydrogens is 368 g/mol. The maximum absolute atomic E-state index is 13.1. The first-order chi connectivity index (χ1) is 14.2. The summed E-state index contributed by atoms with van der Waals surface area (Å²) in [5, 5.41) is 0. The number of ether oxygens (including phenoxy) is 3. The number of Topliss-reactive ketones (excluding diaryl/α,β-unsaturated/α-hetero) is 1. The SMILES string of the molecule is COc1ccc(-c2ccc(CC(=O)C3(c4ccc5c(c4)OCO5)CC3)nc2)cn1. The van der Waals surface area contributed by atoms with Gasteiger partial charge >= 0.3 is 0 Å². The van der Waals surface area contributed by atoms with E-state index in [4.69, 9.17) is 14.2 Å². The van der Waals surface area contributed by atoms with Crippen molar-refractivity contribution in [3.8, 4) is 28.5 Å². The summed E-state index contributed by atoms with van der Waals surface area (Å²) >= 11 is 0. The van der Waals surface area contributed by atoms with Gasteiger partial charge in [0, 0.05) is 41.7 Å². The average molecular weight is 388 g/mol. The molecule has 2 aromatic heterocycles. The van der Waals surface area contributed by atoms with Crippen LogP contribution in [0, 0.1) is 0 Å². The first-order valence-corrected chi connectivity index (χ1v) is 9.57. The second kappa shape index (κ2) is 6.88. The lowest BCUT2D eigenvalue weighted by Crippen LogP contribution is -2.22. The van der Waals surface area contributed by atoms with E-state index in [1.807, 2.05) is 42.5 Å². The molecule has 5 rings (SSSR count). The summed E-state index contributed by atoms with van der Waals surface area (Å²) in [7, 11) is 1.59. The predicted molar refractivity (Wildman–Crippen MR) is 106 cm³/mol. The van der Waals surface area contributed by atoms with Crippen molar-refractivity contribution in [1.29, 1.82) is 0 Å². The van der Waals surface area contributed by atoms with Crippen molar-refractivity contribution in [1.82, 2.24) is 9.97 Å². The van der Waals surface area contributed by atoms with Crippen LogP contribution in [0.2, 0.25) is 0 Å². The molecule has 0 spiro atoms. The molecule has 29 heavy (non-hydrogen) atoms. The van der Waals surface area contributed by atoms with Crippen molar-refractivity contribution in [2.75, 3.05) is 13.9 Å². The lowest BCUT2D eigenvalue weighted by molar-refractivity contribution is -0.120. The van der Waals surface area contributed by atoms with Gasteiger partial charge in [0.05, 0.1) is 12.5 Å². The number of fused-ring (bicyclic) bond motifs is 1. The zero-order valence-electron chi connectivity index (χ0n) is 16.1. The zero-order valence-corrected chi connectivity index (χ0v) is 16.1. The molecule has 6 nitrogen and oxygen atoms in total. The Morgan fingerprint density at radius 3 is 2.41 bits per heavy atom. The van der Waals surface area contributed by atoms with Gasteiger partial charge in [0.1, 0.15) is 5.78 Å². The van der Waals surface area contributed by atoms with Gasteiger partial charge in [-0.15, -0.1) is 0 Å². The van der Waals surface area contributed by atoms with E-state index < -0.39 is 5.41 Å². The van der Waals surface area contributed by atoms with Gasteiger partial charge in [-0.05, 0) is 42.7 Å². The summed E-state index contributed by atoms with van der Waals surface area (Å²) in [6, 6.07) is 13.4. The van der Waals surface area contributed by atoms with Crippen molar-refractivity contribution in [3.05, 3.63) is 66.1 Å². The molecule has 0 N–H and O–H groups in total. The molecule has 0 unspecified atom stereocenters. The minimum Gasteiger partial charge on any atom is -0.481 e. The van der Waals surface area contributed by atoms with Crippen molar-refractivity contribution < 1.29 is 19.0 Å². The largest absolute Gasteiger partial charge is 0.481 e. The molecule has 2 aliphatic rings. The third kappa shape index (κ3) is 3.20. The average Bonchev–Trinajstić information content (AvgIpc) is 3.45. The number of hydrogen-bond donors (Lipinski definition) is 0. The highest BCUT2D eigenvalue weighted by Gasteiger charge is 2.50. The fourth-order valence-electron chi connectivity index (χ4n) is 3.75. The van der Waals surface area contributed by atoms with Crippen LogP contribution >= 0.6 is 0 Å². The van der Waals surface area contributed by atoms with Crippen molar-refractivity contribution in [2.45, 2.75) is 24.7 Å². The number of hydrogen-bond acceptors (Lipinski definition) is 6. The van der Waals surface area contributed by atoms with Crippen LogP contribution in [0.4, 0.5) is 0 Å². The summed E-state index contributed by atoms with van der Waals surface area (Å²) in [4.78, 5) is 21.8. The van der Waals surface area contributed by atoms with E-state index in [1.54, 1.807) is 19.5 Å². The van der Waals surface area contributed by atoms with E-state index in [-0.39, 0.29) is 12.6 Å². The Labute approximate surface area is 168 Å². The number of aromatic nitrogens is 2. The molecule has 0 bridgehead atoms. The molecule has 0 amide bonds. The van der Waals surface area contributed by atoms with E-state index >= 15 is 0 Å². The fourth-order valence-corrected chi connectivity index (χ4v) is 3.75. The molecule has 6 heteroatoms. The molecule has 1 aliphatic heterocycles. The van der Waals surface area contributed by atoms with Crippen LogP contribution in [0.3, 0.4) is 0 Å². The van der Waals surface area contributed by atoms with Crippen molar-refractivity contribution >= 4 is 5.78 Å². The number of ketones is 1. The van der Waals surface area contributed by atoms with Gasteiger partial charge in [-0.3, -0.25) is 9.78 Å². The standard InChI is InChI=1S/C23H20N2O4/c1-27-22-7-3-16(13-25-22)15-2-5-18(24-12-15)11-21(26)23(8-9-23)17-4-6-19-20(10-17)29-14-28-19/h2-7,10,12-13H,8-9,11,14H2,1H3. The maximum atomic E-state index is 13.1. The molecule has 1 aliphatic carbocycles. The van der Waals surface area contributed by atoms with E-state index in [0.717, 1.165) is 46.7 Å². The Kier molecular flexibility index (Phi) is 4.19. The number of methoxy groups -OCH3 is 1. The minimum atomic E-state index is -0.415. The highest BCUT2D eigenvalue weighted by atomic mass is 16.7. The predicted octanol–water partition coefficient (Wildman–Crippen LogP) is 3.72. The number of carbonyl (C=O) groups excluding carboxylic acids is 1. The summed E-state index contributed by atoms with van der Waals surface area (Å²) in [5.74, 6) is 2.23. The molecule has 1 fully saturated rings. The minimum absolute atomic E-state index is 0.197. The monoisotopic (exact) mass is 388 g/mol. The van der Waals surface area contributed by atoms with E-state index in [9.17, 15) is 4.79 Å². The number of benzene rings is 1. The lowest BCUT2D eigenvalue weighted by atomic mass is 9.88. The molecular formula is C23H20N2O4. The molecule has 1 saturated carbocycles. The lowest BCUT2D eigenvalue weighted by Gasteiger charge is -2.15. The zero-order chi connectivity index (χ0) is 19.8. The van der Waals surface area contributed by atoms with Crippen LogP contribution in [-0.2, 0) is 16.6 Å². The number of pyridine rings is 2. The summed E-state index contributed by atoms with van der Waals surface area (Å²) in [6.07, 6.45) is 5.57. The second-order valence-electron chi connectivity index (χ2n) is 7.38. The fraction of sp³-hybridized carbons (Fsp3) is 0.261. The van der Waals surface area contributed by atoms with Gasteiger partial charge in [0.25, 0.3) is 0 Å². The van der Waals surface area contributed by atoms with E-state index in [2.05, 4.69) is 9.97 Å². The van der Waals surface area contributed by atoms with E-state index in [0.29, 0.717) is 12.3 Å². The molecule has 3 aromatic rings. The third-order valence-electron chi connectivity index (χ3n) is 5.65. The Bertz CT molecular complexity index is 1060. The van der Waals surface area contributed by atoms with Crippen molar-refractivity contribution in [2.24, 2.45) is 0 Å². The van der Waals surface area contributed by atoms with Gasteiger partial charge in [0.2, 0.25) is 12.7 Å². The normalized spacial score (nSPS) is 15.8. The Morgan fingerprint density at radius 2 is 1.76 bits per heavy atom. The van der Waals surface area contributed by atoms with E-state index in [1.165, 1.54) is 0 Å². The third-order valence-corrected chi connectivity index (χ3v) is 5.65. The number of nitrogens with zero attached hydrogens (tertiary/aromatic N) is 2. The summed E-state index contributed by atoms with van der Waals surface area (Å²) in [5.41, 5.74) is 3.27. The van der Waals surface area contributed by atoms with Crippen LogP contribution in [-0.4, -0.2) is 29.7 Å². The van der Waals surface area contributed by atoms with Crippen LogP contribution in [0.25, 0.3) is 11.1 Å². The topological polar surface area (TPSA) is 70.5 Å². The van der Waals surface area contributed by atoms with Gasteiger partial charge in [-0.1, -0.05) is 12.1 Å². The van der Waals surface area contributed by atoms with Crippen LogP contribution in [0.15, 0.2) is 54.9 Å². The molecule has 1 aromatic carbocycles. The quantitative estimate of drug-likeness (QED) is 0.641. The first kappa shape index (κ1) is 17.7. The molecule has 3 heterocycles. The molecule has 0 radical (unpaired) electrons. The van der Waals surface area contributed by atoms with Gasteiger partial charge < -0.3 is 14.2 Å². The Balaban J connectivity index is 1.31. The van der Waals surface area contributed by atoms with Crippen LogP contribution < -0.4 is 14.2 Å². The summed E-state index contributed by atoms with van der Waals surface area (Å²) < 4.78 is 15.9. The molecule has 146 valence electrons. The summed E-state index contributed by atoms with van der Waals surface area (Å²) in [6.45, 7) is 0.236. The smallest absolute Gasteiger partial charge is 0.231 e. The van der Waals surface area contributed by atoms with Gasteiger partial charge in [-0.25, -0.2) is 4.98 Å². The highest BCUT2D eigenvalue weighted by Crippen LogP contribution is 2.51. The maximum Gasteiger partial charge on any atom is 0.231 e. The Hall–Kier alpha value is -3.41. The second-order valence-corrected chi connectivity index (χ2v) is 7.38. The van der Waals surface area contributed by atoms with Crippen molar-refractivity contribution in [3.63, 3.8) is 0 Å². The van der Waals surface area contributed by atoms with Gasteiger partial charge in [0.15, 0.2) is 11.5 Å². The van der Waals surface area contributed by atoms with Crippen LogP contribution in [0.5, 0.6) is 17.4 Å².